The van der Waals surface area contributed by atoms with E-state index in [0.29, 0.717) is 0 Å². The Morgan fingerprint density at radius 2 is 1.69 bits per heavy atom. The number of fused-ring (bicyclic) bond motifs is 1. The molecule has 2 N–H and O–H groups in total. The zero-order valence-corrected chi connectivity index (χ0v) is 11.1. The standard InChI is InChI=1S/C14H21NO/c1-8-7-10-11(9(2)12(8)15)13(3,4)14(5,6)16-10/h7H,15H2,1-6H3. The molecule has 1 aliphatic rings. The molecule has 0 amide bonds. The minimum absolute atomic E-state index is 0.00572. The molecule has 0 radical (unpaired) electrons. The summed E-state index contributed by atoms with van der Waals surface area (Å²) < 4.78 is 6.07. The van der Waals surface area contributed by atoms with Crippen molar-refractivity contribution in [2.45, 2.75) is 52.6 Å². The van der Waals surface area contributed by atoms with E-state index in [1.165, 1.54) is 11.1 Å². The number of hydrogen-bond donors (Lipinski definition) is 1. The second kappa shape index (κ2) is 2.93. The van der Waals surface area contributed by atoms with Crippen molar-refractivity contribution in [3.8, 4) is 5.75 Å². The second-order valence-corrected chi connectivity index (χ2v) is 5.84. The van der Waals surface area contributed by atoms with Gasteiger partial charge in [-0.05, 0) is 44.9 Å². The van der Waals surface area contributed by atoms with Gasteiger partial charge in [0, 0.05) is 16.7 Å². The van der Waals surface area contributed by atoms with E-state index in [0.717, 1.165) is 17.0 Å². The highest BCUT2D eigenvalue weighted by Gasteiger charge is 2.49. The van der Waals surface area contributed by atoms with Crippen LogP contribution in [0.5, 0.6) is 5.75 Å². The van der Waals surface area contributed by atoms with E-state index in [1.807, 2.05) is 6.92 Å². The molecule has 0 aliphatic carbocycles. The second-order valence-electron chi connectivity index (χ2n) is 5.84. The first-order chi connectivity index (χ1) is 7.18. The van der Waals surface area contributed by atoms with Crippen molar-refractivity contribution in [1.82, 2.24) is 0 Å². The van der Waals surface area contributed by atoms with Gasteiger partial charge in [0.25, 0.3) is 0 Å². The summed E-state index contributed by atoms with van der Waals surface area (Å²) in [6.45, 7) is 12.8. The number of aryl methyl sites for hydroxylation is 1. The Morgan fingerprint density at radius 1 is 1.12 bits per heavy atom. The number of nitrogens with two attached hydrogens (primary N) is 1. The molecule has 2 nitrogen and oxygen atoms in total. The van der Waals surface area contributed by atoms with Crippen LogP contribution in [-0.4, -0.2) is 5.60 Å². The molecule has 2 heteroatoms. The molecular formula is C14H21NO. The molecule has 2 rings (SSSR count). The van der Waals surface area contributed by atoms with Crippen LogP contribution in [0, 0.1) is 13.8 Å². The minimum atomic E-state index is -0.180. The highest BCUT2D eigenvalue weighted by Crippen LogP contribution is 2.51. The number of ether oxygens (including phenoxy) is 1. The van der Waals surface area contributed by atoms with Gasteiger partial charge in [-0.3, -0.25) is 0 Å². The molecule has 1 aliphatic heterocycles. The molecule has 0 atom stereocenters. The fourth-order valence-corrected chi connectivity index (χ4v) is 2.52. The molecule has 0 saturated carbocycles. The Hall–Kier alpha value is -1.18. The van der Waals surface area contributed by atoms with Crippen LogP contribution in [0.3, 0.4) is 0 Å². The number of anilines is 1. The van der Waals surface area contributed by atoms with Gasteiger partial charge in [-0.15, -0.1) is 0 Å². The van der Waals surface area contributed by atoms with E-state index in [4.69, 9.17) is 10.5 Å². The van der Waals surface area contributed by atoms with Crippen LogP contribution in [0.15, 0.2) is 6.07 Å². The highest BCUT2D eigenvalue weighted by atomic mass is 16.5. The zero-order valence-electron chi connectivity index (χ0n) is 11.1. The Bertz CT molecular complexity index is 458. The largest absolute Gasteiger partial charge is 0.487 e. The summed E-state index contributed by atoms with van der Waals surface area (Å²) in [5, 5.41) is 0. The predicted octanol–water partition coefficient (Wildman–Crippen LogP) is 3.33. The molecule has 0 fully saturated rings. The molecule has 0 spiro atoms. The molecule has 1 aromatic carbocycles. The Kier molecular flexibility index (Phi) is 2.07. The van der Waals surface area contributed by atoms with E-state index >= 15 is 0 Å². The summed E-state index contributed by atoms with van der Waals surface area (Å²) >= 11 is 0. The SMILES string of the molecule is Cc1cc2c(c(C)c1N)C(C)(C)C(C)(C)O2. The third-order valence-corrected chi connectivity index (χ3v) is 4.29. The molecule has 0 saturated heterocycles. The van der Waals surface area contributed by atoms with Gasteiger partial charge in [0.1, 0.15) is 11.4 Å². The van der Waals surface area contributed by atoms with E-state index < -0.39 is 0 Å². The summed E-state index contributed by atoms with van der Waals surface area (Å²) in [6, 6.07) is 2.06. The Balaban J connectivity index is 2.76. The lowest BCUT2D eigenvalue weighted by Gasteiger charge is -2.34. The van der Waals surface area contributed by atoms with Crippen LogP contribution >= 0.6 is 0 Å². The van der Waals surface area contributed by atoms with E-state index in [1.54, 1.807) is 0 Å². The van der Waals surface area contributed by atoms with Crippen LogP contribution in [-0.2, 0) is 5.41 Å². The maximum Gasteiger partial charge on any atom is 0.124 e. The summed E-state index contributed by atoms with van der Waals surface area (Å²) in [5.41, 5.74) is 10.4. The van der Waals surface area contributed by atoms with Gasteiger partial charge in [-0.2, -0.15) is 0 Å². The maximum absolute atomic E-state index is 6.11. The van der Waals surface area contributed by atoms with Crippen LogP contribution in [0.2, 0.25) is 0 Å². The van der Waals surface area contributed by atoms with E-state index in [9.17, 15) is 0 Å². The van der Waals surface area contributed by atoms with Gasteiger partial charge in [0.15, 0.2) is 0 Å². The number of benzene rings is 1. The first-order valence-corrected chi connectivity index (χ1v) is 5.77. The molecule has 0 bridgehead atoms. The van der Waals surface area contributed by atoms with Crippen LogP contribution in [0.25, 0.3) is 0 Å². The molecule has 1 aromatic rings. The summed E-state index contributed by atoms with van der Waals surface area (Å²) in [5.74, 6) is 0.999. The van der Waals surface area contributed by atoms with Crippen LogP contribution < -0.4 is 10.5 Å². The average molecular weight is 219 g/mol. The average Bonchev–Trinajstić information content (AvgIpc) is 2.29. The third-order valence-electron chi connectivity index (χ3n) is 4.29. The number of nitrogen functional groups attached to an aromatic ring is 1. The van der Waals surface area contributed by atoms with Gasteiger partial charge >= 0.3 is 0 Å². The summed E-state index contributed by atoms with van der Waals surface area (Å²) in [6.07, 6.45) is 0. The van der Waals surface area contributed by atoms with Crippen molar-refractivity contribution in [1.29, 1.82) is 0 Å². The molecule has 0 aromatic heterocycles. The molecule has 16 heavy (non-hydrogen) atoms. The topological polar surface area (TPSA) is 35.2 Å². The normalized spacial score (nSPS) is 20.4. The van der Waals surface area contributed by atoms with Crippen molar-refractivity contribution in [3.05, 3.63) is 22.8 Å². The molecule has 0 unspecified atom stereocenters. The molecule has 1 heterocycles. The quantitative estimate of drug-likeness (QED) is 0.679. The van der Waals surface area contributed by atoms with Crippen molar-refractivity contribution < 1.29 is 4.74 Å². The lowest BCUT2D eigenvalue weighted by atomic mass is 9.72. The first kappa shape index (κ1) is 11.3. The van der Waals surface area contributed by atoms with E-state index in [-0.39, 0.29) is 11.0 Å². The Labute approximate surface area is 97.8 Å². The van der Waals surface area contributed by atoms with Crippen molar-refractivity contribution in [2.75, 3.05) is 5.73 Å². The van der Waals surface area contributed by atoms with Gasteiger partial charge in [0.05, 0.1) is 0 Å². The lowest BCUT2D eigenvalue weighted by molar-refractivity contribution is 0.0711. The predicted molar refractivity (Wildman–Crippen MR) is 68.1 cm³/mol. The maximum atomic E-state index is 6.11. The van der Waals surface area contributed by atoms with Crippen molar-refractivity contribution in [2.24, 2.45) is 0 Å². The zero-order chi connectivity index (χ0) is 12.3. The molecule has 88 valence electrons. The summed E-state index contributed by atoms with van der Waals surface area (Å²) in [7, 11) is 0. The fourth-order valence-electron chi connectivity index (χ4n) is 2.52. The molecular weight excluding hydrogens is 198 g/mol. The highest BCUT2D eigenvalue weighted by molar-refractivity contribution is 5.65. The van der Waals surface area contributed by atoms with Gasteiger partial charge < -0.3 is 10.5 Å². The monoisotopic (exact) mass is 219 g/mol. The van der Waals surface area contributed by atoms with Crippen molar-refractivity contribution >= 4 is 5.69 Å². The van der Waals surface area contributed by atoms with Crippen LogP contribution in [0.4, 0.5) is 5.69 Å². The fraction of sp³-hybridized carbons (Fsp3) is 0.571. The Morgan fingerprint density at radius 3 is 2.25 bits per heavy atom. The first-order valence-electron chi connectivity index (χ1n) is 5.77. The van der Waals surface area contributed by atoms with Crippen molar-refractivity contribution in [3.63, 3.8) is 0 Å². The van der Waals surface area contributed by atoms with Gasteiger partial charge in [0.2, 0.25) is 0 Å². The van der Waals surface area contributed by atoms with Gasteiger partial charge in [-0.1, -0.05) is 13.8 Å². The lowest BCUT2D eigenvalue weighted by Crippen LogP contribution is -2.42. The number of rotatable bonds is 0. The van der Waals surface area contributed by atoms with Crippen LogP contribution in [0.1, 0.15) is 44.4 Å². The minimum Gasteiger partial charge on any atom is -0.487 e. The smallest absolute Gasteiger partial charge is 0.124 e. The van der Waals surface area contributed by atoms with E-state index in [2.05, 4.69) is 40.7 Å². The third kappa shape index (κ3) is 1.19. The summed E-state index contributed by atoms with van der Waals surface area (Å²) in [4.78, 5) is 0. The number of hydrogen-bond acceptors (Lipinski definition) is 2. The van der Waals surface area contributed by atoms with Gasteiger partial charge in [-0.25, -0.2) is 0 Å².